The largest absolute Gasteiger partial charge is 0.348 e. The van der Waals surface area contributed by atoms with Gasteiger partial charge in [0.1, 0.15) is 3.70 Å². The lowest BCUT2D eigenvalue weighted by Gasteiger charge is -2.12. The Labute approximate surface area is 100 Å². The van der Waals surface area contributed by atoms with Crippen molar-refractivity contribution in [3.63, 3.8) is 0 Å². The minimum Gasteiger partial charge on any atom is -0.348 e. The molecule has 0 atom stereocenters. The number of rotatable bonds is 3. The van der Waals surface area contributed by atoms with Crippen LogP contribution in [0.1, 0.15) is 18.5 Å². The second kappa shape index (κ2) is 4.30. The molecule has 6 heteroatoms. The zero-order chi connectivity index (χ0) is 10.8. The number of halogens is 1. The molecule has 1 aromatic rings. The molecule has 1 N–H and O–H groups in total. The van der Waals surface area contributed by atoms with Crippen LogP contribution in [-0.4, -0.2) is 33.2 Å². The van der Waals surface area contributed by atoms with Gasteiger partial charge in [0.25, 0.3) is 0 Å². The highest BCUT2D eigenvalue weighted by atomic mass is 127. The standard InChI is InChI=1S/C9H10IN3O2/c10-9-6(11-5-12-9)3-4-13-7(14)1-2-8(13)15/h5H,1-4H2,(H,11,12). The van der Waals surface area contributed by atoms with Crippen LogP contribution in [0.25, 0.3) is 0 Å². The number of carbonyl (C=O) groups excluding carboxylic acids is 2. The van der Waals surface area contributed by atoms with E-state index >= 15 is 0 Å². The van der Waals surface area contributed by atoms with Gasteiger partial charge in [0.05, 0.1) is 12.0 Å². The minimum atomic E-state index is -0.0606. The number of H-pyrrole nitrogens is 1. The Morgan fingerprint density at radius 3 is 2.60 bits per heavy atom. The molecule has 2 heterocycles. The molecule has 1 aromatic heterocycles. The highest BCUT2D eigenvalue weighted by Gasteiger charge is 2.28. The Morgan fingerprint density at radius 2 is 2.07 bits per heavy atom. The van der Waals surface area contributed by atoms with Gasteiger partial charge in [0.15, 0.2) is 0 Å². The van der Waals surface area contributed by atoms with Crippen molar-refractivity contribution in [2.45, 2.75) is 19.3 Å². The van der Waals surface area contributed by atoms with E-state index in [1.807, 2.05) is 0 Å². The minimum absolute atomic E-state index is 0.0606. The predicted molar refractivity (Wildman–Crippen MR) is 61.0 cm³/mol. The molecule has 5 nitrogen and oxygen atoms in total. The maximum Gasteiger partial charge on any atom is 0.229 e. The summed E-state index contributed by atoms with van der Waals surface area (Å²) in [4.78, 5) is 31.0. The third-order valence-corrected chi connectivity index (χ3v) is 3.34. The zero-order valence-corrected chi connectivity index (χ0v) is 10.2. The third-order valence-electron chi connectivity index (χ3n) is 2.41. The summed E-state index contributed by atoms with van der Waals surface area (Å²) in [7, 11) is 0. The Morgan fingerprint density at radius 1 is 1.40 bits per heavy atom. The fourth-order valence-corrected chi connectivity index (χ4v) is 2.14. The first-order chi connectivity index (χ1) is 7.18. The maximum atomic E-state index is 11.3. The molecule has 0 radical (unpaired) electrons. The molecule has 80 valence electrons. The molecule has 15 heavy (non-hydrogen) atoms. The summed E-state index contributed by atoms with van der Waals surface area (Å²) in [5.74, 6) is -0.121. The Bertz CT molecular complexity index is 386. The normalized spacial score (nSPS) is 16.5. The van der Waals surface area contributed by atoms with Crippen molar-refractivity contribution < 1.29 is 9.59 Å². The number of imide groups is 1. The summed E-state index contributed by atoms with van der Waals surface area (Å²) in [5.41, 5.74) is 0.975. The summed E-state index contributed by atoms with van der Waals surface area (Å²) in [6.07, 6.45) is 2.98. The van der Waals surface area contributed by atoms with Gasteiger partial charge in [-0.3, -0.25) is 14.5 Å². The van der Waals surface area contributed by atoms with Crippen molar-refractivity contribution in [1.82, 2.24) is 14.9 Å². The number of hydrogen-bond acceptors (Lipinski definition) is 3. The van der Waals surface area contributed by atoms with Crippen LogP contribution >= 0.6 is 22.6 Å². The summed E-state index contributed by atoms with van der Waals surface area (Å²) in [6, 6.07) is 0. The lowest BCUT2D eigenvalue weighted by Crippen LogP contribution is -2.31. The van der Waals surface area contributed by atoms with E-state index in [9.17, 15) is 9.59 Å². The third kappa shape index (κ3) is 2.19. The molecule has 0 aliphatic carbocycles. The number of likely N-dealkylation sites (tertiary alicyclic amines) is 1. The van der Waals surface area contributed by atoms with Gasteiger partial charge in [0, 0.05) is 25.8 Å². The molecular weight excluding hydrogens is 309 g/mol. The van der Waals surface area contributed by atoms with E-state index in [0.717, 1.165) is 9.39 Å². The Kier molecular flexibility index (Phi) is 3.03. The van der Waals surface area contributed by atoms with Crippen molar-refractivity contribution >= 4 is 34.4 Å². The first kappa shape index (κ1) is 10.6. The molecule has 2 rings (SSSR count). The molecule has 0 bridgehead atoms. The molecule has 0 aromatic carbocycles. The van der Waals surface area contributed by atoms with Crippen LogP contribution in [0.5, 0.6) is 0 Å². The van der Waals surface area contributed by atoms with Gasteiger partial charge in [0.2, 0.25) is 11.8 Å². The number of imidazole rings is 1. The topological polar surface area (TPSA) is 66.1 Å². The number of aromatic nitrogens is 2. The zero-order valence-electron chi connectivity index (χ0n) is 7.99. The second-order valence-electron chi connectivity index (χ2n) is 3.36. The molecule has 2 amide bonds. The number of nitrogens with zero attached hydrogens (tertiary/aromatic N) is 2. The van der Waals surface area contributed by atoms with Crippen LogP contribution in [0, 0.1) is 3.70 Å². The first-order valence-electron chi connectivity index (χ1n) is 4.69. The van der Waals surface area contributed by atoms with Gasteiger partial charge in [-0.1, -0.05) is 0 Å². The SMILES string of the molecule is O=C1CCC(=O)N1CCc1[nH]cnc1I. The van der Waals surface area contributed by atoms with E-state index < -0.39 is 0 Å². The van der Waals surface area contributed by atoms with Crippen LogP contribution in [0.2, 0.25) is 0 Å². The van der Waals surface area contributed by atoms with E-state index in [2.05, 4.69) is 32.6 Å². The van der Waals surface area contributed by atoms with E-state index in [1.54, 1.807) is 6.33 Å². The van der Waals surface area contributed by atoms with Crippen molar-refractivity contribution in [1.29, 1.82) is 0 Å². The average molecular weight is 319 g/mol. The summed E-state index contributed by atoms with van der Waals surface area (Å²) in [5, 5.41) is 0. The number of amides is 2. The van der Waals surface area contributed by atoms with Crippen molar-refractivity contribution in [3.05, 3.63) is 15.7 Å². The van der Waals surface area contributed by atoms with Crippen LogP contribution in [0.15, 0.2) is 6.33 Å². The van der Waals surface area contributed by atoms with Crippen molar-refractivity contribution in [3.8, 4) is 0 Å². The molecule has 0 saturated carbocycles. The smallest absolute Gasteiger partial charge is 0.229 e. The van der Waals surface area contributed by atoms with E-state index in [1.165, 1.54) is 4.90 Å². The van der Waals surface area contributed by atoms with Crippen LogP contribution < -0.4 is 0 Å². The highest BCUT2D eigenvalue weighted by molar-refractivity contribution is 14.1. The first-order valence-corrected chi connectivity index (χ1v) is 5.77. The monoisotopic (exact) mass is 319 g/mol. The molecule has 0 unspecified atom stereocenters. The Balaban J connectivity index is 1.96. The van der Waals surface area contributed by atoms with Crippen LogP contribution in [-0.2, 0) is 16.0 Å². The summed E-state index contributed by atoms with van der Waals surface area (Å²) in [6.45, 7) is 0.454. The van der Waals surface area contributed by atoms with E-state index in [0.29, 0.717) is 25.8 Å². The summed E-state index contributed by atoms with van der Waals surface area (Å²) < 4.78 is 0.895. The molecule has 1 fully saturated rings. The second-order valence-corrected chi connectivity index (χ2v) is 4.38. The molecule has 0 spiro atoms. The van der Waals surface area contributed by atoms with Gasteiger partial charge in [-0.15, -0.1) is 0 Å². The number of nitrogens with one attached hydrogen (secondary N) is 1. The fourth-order valence-electron chi connectivity index (χ4n) is 1.58. The van der Waals surface area contributed by atoms with Gasteiger partial charge in [-0.2, -0.15) is 0 Å². The quantitative estimate of drug-likeness (QED) is 0.659. The van der Waals surface area contributed by atoms with Gasteiger partial charge in [-0.05, 0) is 22.6 Å². The number of hydrogen-bond donors (Lipinski definition) is 1. The fraction of sp³-hybridized carbons (Fsp3) is 0.444. The van der Waals surface area contributed by atoms with E-state index in [4.69, 9.17) is 0 Å². The number of aromatic amines is 1. The number of carbonyl (C=O) groups is 2. The maximum absolute atomic E-state index is 11.3. The average Bonchev–Trinajstić information content (AvgIpc) is 2.73. The molecule has 1 saturated heterocycles. The van der Waals surface area contributed by atoms with Gasteiger partial charge in [-0.25, -0.2) is 4.98 Å². The highest BCUT2D eigenvalue weighted by Crippen LogP contribution is 2.13. The summed E-state index contributed by atoms with van der Waals surface area (Å²) >= 11 is 2.12. The molecular formula is C9H10IN3O2. The van der Waals surface area contributed by atoms with Crippen LogP contribution in [0.4, 0.5) is 0 Å². The van der Waals surface area contributed by atoms with Crippen LogP contribution in [0.3, 0.4) is 0 Å². The van der Waals surface area contributed by atoms with E-state index in [-0.39, 0.29) is 11.8 Å². The molecule has 1 aliphatic heterocycles. The predicted octanol–water partition coefficient (Wildman–Crippen LogP) is 0.706. The van der Waals surface area contributed by atoms with Gasteiger partial charge >= 0.3 is 0 Å². The lowest BCUT2D eigenvalue weighted by molar-refractivity contribution is -0.138. The lowest BCUT2D eigenvalue weighted by atomic mass is 10.3. The van der Waals surface area contributed by atoms with Crippen molar-refractivity contribution in [2.75, 3.05) is 6.54 Å². The van der Waals surface area contributed by atoms with Gasteiger partial charge < -0.3 is 4.98 Å². The van der Waals surface area contributed by atoms with Crippen molar-refractivity contribution in [2.24, 2.45) is 0 Å². The Hall–Kier alpha value is -0.920. The molecule has 1 aliphatic rings.